The van der Waals surface area contributed by atoms with Gasteiger partial charge < -0.3 is 9.47 Å². The normalized spacial score (nSPS) is 10.2. The largest absolute Gasteiger partial charge is 0.367 e. The minimum Gasteiger partial charge on any atom is -0.367 e. The highest BCUT2D eigenvalue weighted by Gasteiger charge is 1.83. The molecule has 0 atom stereocenters. The quantitative estimate of drug-likeness (QED) is 0.429. The van der Waals surface area contributed by atoms with Crippen LogP contribution in [0.5, 0.6) is 0 Å². The van der Waals surface area contributed by atoms with Gasteiger partial charge in [-0.3, -0.25) is 5.32 Å². The van der Waals surface area contributed by atoms with Gasteiger partial charge in [0.1, 0.15) is 0 Å². The molecule has 0 aliphatic heterocycles. The summed E-state index contributed by atoms with van der Waals surface area (Å²) < 4.78 is 10.2. The Morgan fingerprint density at radius 3 is 2.40 bits per heavy atom. The molecule has 0 aromatic rings. The van der Waals surface area contributed by atoms with E-state index in [9.17, 15) is 0 Å². The van der Waals surface area contributed by atoms with Gasteiger partial charge in [-0.05, 0) is 13.3 Å². The van der Waals surface area contributed by atoms with Crippen molar-refractivity contribution in [2.45, 2.75) is 20.3 Å². The van der Waals surface area contributed by atoms with Crippen molar-refractivity contribution in [2.24, 2.45) is 0 Å². The van der Waals surface area contributed by atoms with E-state index in [1.807, 2.05) is 6.92 Å². The maximum Gasteiger partial charge on any atom is 0.0982 e. The van der Waals surface area contributed by atoms with Crippen LogP contribution in [0.3, 0.4) is 0 Å². The molecule has 3 nitrogen and oxygen atoms in total. The van der Waals surface area contributed by atoms with Crippen LogP contribution in [-0.2, 0) is 9.47 Å². The minimum absolute atomic E-state index is 0.584. The number of nitrogens with one attached hydrogen (secondary N) is 1. The fourth-order valence-corrected chi connectivity index (χ4v) is 0.505. The van der Waals surface area contributed by atoms with Crippen LogP contribution in [0.25, 0.3) is 0 Å². The summed E-state index contributed by atoms with van der Waals surface area (Å²) in [7, 11) is 0. The third-order valence-electron chi connectivity index (χ3n) is 0.961. The molecule has 0 unspecified atom stereocenters. The molecule has 0 rings (SSSR count). The average Bonchev–Trinajstić information content (AvgIpc) is 1.97. The van der Waals surface area contributed by atoms with Gasteiger partial charge in [0.05, 0.1) is 13.5 Å². The Bertz CT molecular complexity index is 51.6. The van der Waals surface area contributed by atoms with E-state index in [4.69, 9.17) is 9.47 Å². The lowest BCUT2D eigenvalue weighted by Gasteiger charge is -2.04. The zero-order valence-corrected chi connectivity index (χ0v) is 6.85. The van der Waals surface area contributed by atoms with Crippen LogP contribution in [0.4, 0.5) is 0 Å². The van der Waals surface area contributed by atoms with E-state index in [2.05, 4.69) is 12.2 Å². The molecule has 0 fully saturated rings. The molecule has 0 bridgehead atoms. The zero-order valence-electron chi connectivity index (χ0n) is 6.85. The van der Waals surface area contributed by atoms with Crippen LogP contribution in [0.1, 0.15) is 20.3 Å². The summed E-state index contributed by atoms with van der Waals surface area (Å²) in [4.78, 5) is 0. The average molecular weight is 147 g/mol. The molecule has 3 heteroatoms. The van der Waals surface area contributed by atoms with Gasteiger partial charge in [-0.1, -0.05) is 6.92 Å². The van der Waals surface area contributed by atoms with Crippen molar-refractivity contribution < 1.29 is 9.47 Å². The Balaban J connectivity index is 2.65. The van der Waals surface area contributed by atoms with Crippen molar-refractivity contribution in [3.05, 3.63) is 0 Å². The molecule has 10 heavy (non-hydrogen) atoms. The minimum atomic E-state index is 0.584. The fourth-order valence-electron chi connectivity index (χ4n) is 0.505. The van der Waals surface area contributed by atoms with Crippen LogP contribution in [0.15, 0.2) is 0 Å². The van der Waals surface area contributed by atoms with Gasteiger partial charge in [-0.15, -0.1) is 0 Å². The van der Waals surface area contributed by atoms with Gasteiger partial charge in [0, 0.05) is 13.2 Å². The van der Waals surface area contributed by atoms with E-state index < -0.39 is 0 Å². The van der Waals surface area contributed by atoms with Gasteiger partial charge in [0.2, 0.25) is 0 Å². The number of ether oxygens (including phenoxy) is 2. The van der Waals surface area contributed by atoms with E-state index in [0.717, 1.165) is 19.6 Å². The lowest BCUT2D eigenvalue weighted by atomic mass is 10.5. The molecule has 0 saturated heterocycles. The monoisotopic (exact) mass is 147 g/mol. The van der Waals surface area contributed by atoms with Crippen molar-refractivity contribution >= 4 is 0 Å². The van der Waals surface area contributed by atoms with Gasteiger partial charge >= 0.3 is 0 Å². The summed E-state index contributed by atoms with van der Waals surface area (Å²) in [6.07, 6.45) is 1.07. The second kappa shape index (κ2) is 8.88. The maximum atomic E-state index is 5.14. The van der Waals surface area contributed by atoms with Crippen LogP contribution >= 0.6 is 0 Å². The summed E-state index contributed by atoms with van der Waals surface area (Å²) in [5.74, 6) is 0. The first kappa shape index (κ1) is 9.88. The highest BCUT2D eigenvalue weighted by molar-refractivity contribution is 4.26. The van der Waals surface area contributed by atoms with E-state index >= 15 is 0 Å². The molecule has 0 heterocycles. The Hall–Kier alpha value is -0.120. The molecule has 0 spiro atoms. The molecule has 0 radical (unpaired) electrons. The molecular formula is C7H17NO2. The molecular weight excluding hydrogens is 130 g/mol. The van der Waals surface area contributed by atoms with Crippen molar-refractivity contribution in [3.63, 3.8) is 0 Å². The topological polar surface area (TPSA) is 30.5 Å². The summed E-state index contributed by atoms with van der Waals surface area (Å²) in [6.45, 7) is 6.80. The lowest BCUT2D eigenvalue weighted by Crippen LogP contribution is -2.21. The van der Waals surface area contributed by atoms with E-state index in [0.29, 0.717) is 13.5 Å². The van der Waals surface area contributed by atoms with E-state index in [-0.39, 0.29) is 0 Å². The molecule has 62 valence electrons. The number of hydrogen-bond acceptors (Lipinski definition) is 3. The van der Waals surface area contributed by atoms with Crippen molar-refractivity contribution in [2.75, 3.05) is 26.7 Å². The third kappa shape index (κ3) is 7.88. The summed E-state index contributed by atoms with van der Waals surface area (Å²) in [5, 5.41) is 2.98. The summed E-state index contributed by atoms with van der Waals surface area (Å²) in [6, 6.07) is 0. The van der Waals surface area contributed by atoms with Gasteiger partial charge in [0.25, 0.3) is 0 Å². The number of rotatable bonds is 7. The summed E-state index contributed by atoms with van der Waals surface area (Å²) in [5.41, 5.74) is 0. The SMILES string of the molecule is CCCOCNCOCC. The van der Waals surface area contributed by atoms with Crippen molar-refractivity contribution in [1.29, 1.82) is 0 Å². The third-order valence-corrected chi connectivity index (χ3v) is 0.961. The van der Waals surface area contributed by atoms with Crippen molar-refractivity contribution in [3.8, 4) is 0 Å². The van der Waals surface area contributed by atoms with E-state index in [1.54, 1.807) is 0 Å². The van der Waals surface area contributed by atoms with Crippen molar-refractivity contribution in [1.82, 2.24) is 5.32 Å². The second-order valence-electron chi connectivity index (χ2n) is 1.94. The van der Waals surface area contributed by atoms with Crippen LogP contribution in [0.2, 0.25) is 0 Å². The molecule has 0 amide bonds. The van der Waals surface area contributed by atoms with Gasteiger partial charge in [-0.2, -0.15) is 0 Å². The Morgan fingerprint density at radius 1 is 1.10 bits per heavy atom. The van der Waals surface area contributed by atoms with Crippen LogP contribution in [0, 0.1) is 0 Å². The summed E-state index contributed by atoms with van der Waals surface area (Å²) >= 11 is 0. The molecule has 0 saturated carbocycles. The smallest absolute Gasteiger partial charge is 0.0982 e. The molecule has 0 aromatic carbocycles. The van der Waals surface area contributed by atoms with Gasteiger partial charge in [-0.25, -0.2) is 0 Å². The first-order chi connectivity index (χ1) is 4.91. The molecule has 0 aliphatic carbocycles. The van der Waals surface area contributed by atoms with Gasteiger partial charge in [0.15, 0.2) is 0 Å². The second-order valence-corrected chi connectivity index (χ2v) is 1.94. The van der Waals surface area contributed by atoms with Crippen LogP contribution in [-0.4, -0.2) is 26.7 Å². The molecule has 0 aliphatic rings. The highest BCUT2D eigenvalue weighted by atomic mass is 16.5. The lowest BCUT2D eigenvalue weighted by molar-refractivity contribution is 0.0643. The standard InChI is InChI=1S/C7H17NO2/c1-3-5-10-7-8-6-9-4-2/h8H,3-7H2,1-2H3. The number of hydrogen-bond donors (Lipinski definition) is 1. The highest BCUT2D eigenvalue weighted by Crippen LogP contribution is 1.76. The predicted molar refractivity (Wildman–Crippen MR) is 40.7 cm³/mol. The zero-order chi connectivity index (χ0) is 7.66. The first-order valence-electron chi connectivity index (χ1n) is 3.78. The molecule has 0 aromatic heterocycles. The fraction of sp³-hybridized carbons (Fsp3) is 1.00. The predicted octanol–water partition coefficient (Wildman–Crippen LogP) is 0.954. The van der Waals surface area contributed by atoms with Crippen LogP contribution < -0.4 is 5.32 Å². The van der Waals surface area contributed by atoms with E-state index in [1.165, 1.54) is 0 Å². The Labute approximate surface area is 62.7 Å². The Morgan fingerprint density at radius 2 is 1.80 bits per heavy atom. The Kier molecular flexibility index (Phi) is 8.77. The maximum absolute atomic E-state index is 5.14. The molecule has 1 N–H and O–H groups in total. The first-order valence-corrected chi connectivity index (χ1v) is 3.78.